The Labute approximate surface area is 173 Å². The highest BCUT2D eigenvalue weighted by atomic mass is 16.5. The Bertz CT molecular complexity index is 1310. The topological polar surface area (TPSA) is 108 Å². The first-order valence-corrected chi connectivity index (χ1v) is 9.50. The molecule has 0 fully saturated rings. The van der Waals surface area contributed by atoms with Crippen LogP contribution in [0.1, 0.15) is 35.5 Å². The first kappa shape index (κ1) is 21.0. The molecule has 0 saturated carbocycles. The van der Waals surface area contributed by atoms with Gasteiger partial charge in [0.25, 0.3) is 11.2 Å². The molecule has 0 bridgehead atoms. The van der Waals surface area contributed by atoms with Crippen LogP contribution < -0.4 is 16.2 Å². The summed E-state index contributed by atoms with van der Waals surface area (Å²) < 4.78 is 7.80. The smallest absolute Gasteiger partial charge is 0.417 e. The normalized spacial score (nSPS) is 11.0. The van der Waals surface area contributed by atoms with Crippen LogP contribution in [0.4, 0.5) is 0 Å². The third kappa shape index (κ3) is 3.50. The maximum Gasteiger partial charge on any atom is 0.417 e. The van der Waals surface area contributed by atoms with Gasteiger partial charge >= 0.3 is 11.7 Å². The molecule has 3 aromatic rings. The lowest BCUT2D eigenvalue weighted by Crippen LogP contribution is -2.40. The number of pyridine rings is 1. The summed E-state index contributed by atoms with van der Waals surface area (Å²) in [4.78, 5) is 41.6. The molecule has 3 rings (SSSR count). The molecule has 8 heteroatoms. The van der Waals surface area contributed by atoms with E-state index in [9.17, 15) is 14.4 Å². The lowest BCUT2D eigenvalue weighted by molar-refractivity contribution is -0.359. The number of H-pyrrole nitrogens is 1. The Balaban J connectivity index is 2.47. The van der Waals surface area contributed by atoms with Gasteiger partial charge in [-0.15, -0.1) is 0 Å². The number of ether oxygens (including phenoxy) is 1. The average molecular weight is 407 g/mol. The largest absolute Gasteiger partial charge is 0.462 e. The van der Waals surface area contributed by atoms with Crippen LogP contribution in [-0.2, 0) is 18.8 Å². The molecule has 0 saturated heterocycles. The number of nitrogens with one attached hydrogen (secondary N) is 1. The standard InChI is InChI=1S/C22H22N4O4/c1-12(2)11-30-21(28)16-13(3)24-19-18(20(27)26(5)22(29)25(19)4)17(16)15-8-6-14(10-23)7-9-15/h6-9,12H,11H2,1-5H3/p+1. The van der Waals surface area contributed by atoms with Crippen LogP contribution >= 0.6 is 0 Å². The number of rotatable bonds is 4. The summed E-state index contributed by atoms with van der Waals surface area (Å²) in [5, 5.41) is 9.31. The Kier molecular flexibility index (Phi) is 5.56. The highest BCUT2D eigenvalue weighted by Crippen LogP contribution is 2.30. The van der Waals surface area contributed by atoms with E-state index in [1.165, 1.54) is 11.6 Å². The molecular formula is C22H23N4O4+. The van der Waals surface area contributed by atoms with Crippen molar-refractivity contribution in [3.63, 3.8) is 0 Å². The number of carbonyl (C=O) groups is 1. The molecule has 0 unspecified atom stereocenters. The number of carbonyl (C=O) groups excluding carboxylic acids is 1. The molecule has 2 aromatic heterocycles. The predicted octanol–water partition coefficient (Wildman–Crippen LogP) is 1.71. The molecule has 0 amide bonds. The number of benzene rings is 1. The van der Waals surface area contributed by atoms with Gasteiger partial charge in [0.2, 0.25) is 0 Å². The maximum absolute atomic E-state index is 13.1. The molecule has 0 radical (unpaired) electrons. The number of nitriles is 1. The molecule has 1 N–H and O–H groups in total. The van der Waals surface area contributed by atoms with Gasteiger partial charge < -0.3 is 4.74 Å². The summed E-state index contributed by atoms with van der Waals surface area (Å²) >= 11 is 0. The van der Waals surface area contributed by atoms with Gasteiger partial charge in [0.05, 0.1) is 25.3 Å². The number of hydrogen-bond acceptors (Lipinski definition) is 5. The zero-order chi connectivity index (χ0) is 22.2. The number of fused-ring (bicyclic) bond motifs is 1. The Hall–Kier alpha value is -3.73. The fourth-order valence-corrected chi connectivity index (χ4v) is 3.34. The van der Waals surface area contributed by atoms with Gasteiger partial charge in [-0.1, -0.05) is 26.0 Å². The molecule has 0 spiro atoms. The summed E-state index contributed by atoms with van der Waals surface area (Å²) in [6.45, 7) is 5.79. The third-order valence-corrected chi connectivity index (χ3v) is 4.90. The summed E-state index contributed by atoms with van der Waals surface area (Å²) in [5.74, 6) is -0.416. The monoisotopic (exact) mass is 407 g/mol. The van der Waals surface area contributed by atoms with Crippen molar-refractivity contribution in [1.82, 2.24) is 9.13 Å². The van der Waals surface area contributed by atoms with Crippen molar-refractivity contribution in [3.05, 3.63) is 61.9 Å². The second-order valence-corrected chi connectivity index (χ2v) is 7.61. The molecule has 30 heavy (non-hydrogen) atoms. The Morgan fingerprint density at radius 3 is 2.37 bits per heavy atom. The SMILES string of the molecule is Cc1[nH+]c2c(c(-c3ccc(C#N)cc3)c1C(=O)OCC(C)C)c(=O)n(C)c(=O)n2C. The highest BCUT2D eigenvalue weighted by Gasteiger charge is 2.29. The van der Waals surface area contributed by atoms with Crippen LogP contribution in [0, 0.1) is 24.2 Å². The van der Waals surface area contributed by atoms with Crippen LogP contribution in [0.15, 0.2) is 33.9 Å². The van der Waals surface area contributed by atoms with Gasteiger partial charge in [0.1, 0.15) is 16.6 Å². The minimum absolute atomic E-state index is 0.144. The average Bonchev–Trinajstić information content (AvgIpc) is 2.73. The zero-order valence-corrected chi connectivity index (χ0v) is 17.6. The van der Waals surface area contributed by atoms with Crippen LogP contribution in [0.25, 0.3) is 22.2 Å². The van der Waals surface area contributed by atoms with Crippen LogP contribution in [0.2, 0.25) is 0 Å². The summed E-state index contributed by atoms with van der Waals surface area (Å²) in [7, 11) is 2.95. The number of aromatic nitrogens is 3. The summed E-state index contributed by atoms with van der Waals surface area (Å²) in [6, 6.07) is 8.63. The molecule has 0 atom stereocenters. The van der Waals surface area contributed by atoms with E-state index in [1.807, 2.05) is 13.8 Å². The van der Waals surface area contributed by atoms with Crippen LogP contribution in [0.5, 0.6) is 0 Å². The van der Waals surface area contributed by atoms with E-state index in [-0.39, 0.29) is 23.5 Å². The van der Waals surface area contributed by atoms with Crippen molar-refractivity contribution in [2.75, 3.05) is 6.61 Å². The van der Waals surface area contributed by atoms with Crippen molar-refractivity contribution < 1.29 is 14.5 Å². The van der Waals surface area contributed by atoms with E-state index in [0.29, 0.717) is 28.0 Å². The fraction of sp³-hybridized carbons (Fsp3) is 0.318. The van der Waals surface area contributed by atoms with E-state index < -0.39 is 17.2 Å². The van der Waals surface area contributed by atoms with Gasteiger partial charge in [0, 0.05) is 12.6 Å². The van der Waals surface area contributed by atoms with Crippen LogP contribution in [0.3, 0.4) is 0 Å². The first-order chi connectivity index (χ1) is 14.2. The Morgan fingerprint density at radius 1 is 1.17 bits per heavy atom. The summed E-state index contributed by atoms with van der Waals surface area (Å²) in [5.41, 5.74) is 1.39. The van der Waals surface area contributed by atoms with Gasteiger partial charge in [0.15, 0.2) is 0 Å². The van der Waals surface area contributed by atoms with Crippen LogP contribution in [-0.4, -0.2) is 21.7 Å². The maximum atomic E-state index is 13.1. The minimum Gasteiger partial charge on any atom is -0.462 e. The molecule has 154 valence electrons. The van der Waals surface area contributed by atoms with Crippen molar-refractivity contribution >= 4 is 17.0 Å². The number of aryl methyl sites for hydroxylation is 2. The van der Waals surface area contributed by atoms with Crippen molar-refractivity contribution in [2.45, 2.75) is 20.8 Å². The molecule has 1 aromatic carbocycles. The first-order valence-electron chi connectivity index (χ1n) is 9.50. The van der Waals surface area contributed by atoms with Crippen molar-refractivity contribution in [2.24, 2.45) is 20.0 Å². The molecule has 0 aliphatic carbocycles. The van der Waals surface area contributed by atoms with E-state index in [2.05, 4.69) is 11.1 Å². The number of aromatic amines is 1. The van der Waals surface area contributed by atoms with Crippen molar-refractivity contribution in [1.29, 1.82) is 5.26 Å². The molecule has 0 aliphatic rings. The van der Waals surface area contributed by atoms with Gasteiger partial charge in [-0.25, -0.2) is 19.1 Å². The van der Waals surface area contributed by atoms with E-state index >= 15 is 0 Å². The molecule has 8 nitrogen and oxygen atoms in total. The lowest BCUT2D eigenvalue weighted by atomic mass is 9.95. The highest BCUT2D eigenvalue weighted by molar-refractivity contribution is 6.05. The summed E-state index contributed by atoms with van der Waals surface area (Å²) in [6.07, 6.45) is 0. The fourth-order valence-electron chi connectivity index (χ4n) is 3.34. The van der Waals surface area contributed by atoms with E-state index in [0.717, 1.165) is 4.57 Å². The van der Waals surface area contributed by atoms with Crippen molar-refractivity contribution in [3.8, 4) is 17.2 Å². The number of nitrogens with zero attached hydrogens (tertiary/aromatic N) is 3. The van der Waals surface area contributed by atoms with E-state index in [1.54, 1.807) is 38.2 Å². The molecule has 0 aliphatic heterocycles. The molecular weight excluding hydrogens is 384 g/mol. The number of hydrogen-bond donors (Lipinski definition) is 0. The third-order valence-electron chi connectivity index (χ3n) is 4.90. The lowest BCUT2D eigenvalue weighted by Gasteiger charge is -2.15. The number of esters is 1. The quantitative estimate of drug-likeness (QED) is 0.612. The predicted molar refractivity (Wildman–Crippen MR) is 111 cm³/mol. The second kappa shape index (κ2) is 7.95. The zero-order valence-electron chi connectivity index (χ0n) is 17.6. The van der Waals surface area contributed by atoms with Gasteiger partial charge in [-0.05, 0) is 30.5 Å². The Morgan fingerprint density at radius 2 is 1.80 bits per heavy atom. The van der Waals surface area contributed by atoms with E-state index in [4.69, 9.17) is 10.00 Å². The second-order valence-electron chi connectivity index (χ2n) is 7.61. The van der Waals surface area contributed by atoms with Gasteiger partial charge in [-0.3, -0.25) is 4.79 Å². The van der Waals surface area contributed by atoms with Gasteiger partial charge in [-0.2, -0.15) is 9.83 Å². The molecule has 2 heterocycles. The minimum atomic E-state index is -0.561.